The van der Waals surface area contributed by atoms with Crippen molar-refractivity contribution in [2.24, 2.45) is 35.5 Å². The molecule has 3 unspecified atom stereocenters. The number of carbonyl (C=O) groups excluding carboxylic acids is 3. The van der Waals surface area contributed by atoms with Crippen LogP contribution in [-0.2, 0) is 19.1 Å². The number of hydrogen-bond acceptors (Lipinski definition) is 9. The maximum absolute atomic E-state index is 12.5. The van der Waals surface area contributed by atoms with Gasteiger partial charge in [0.1, 0.15) is 17.6 Å². The Morgan fingerprint density at radius 1 is 1.00 bits per heavy atom. The summed E-state index contributed by atoms with van der Waals surface area (Å²) in [5.74, 6) is -2.31. The Balaban J connectivity index is 1.70. The summed E-state index contributed by atoms with van der Waals surface area (Å²) >= 11 is 0. The third-order valence-electron chi connectivity index (χ3n) is 11.0. The molecule has 1 amide bonds. The minimum Gasteiger partial charge on any atom is -0.458 e. The van der Waals surface area contributed by atoms with Gasteiger partial charge in [-0.15, -0.1) is 0 Å². The zero-order valence-electron chi connectivity index (χ0n) is 31.3. The molecule has 2 saturated heterocycles. The number of cyclic esters (lactones) is 1. The molecule has 0 aliphatic carbocycles. The van der Waals surface area contributed by atoms with Crippen molar-refractivity contribution >= 4 is 17.7 Å². The summed E-state index contributed by atoms with van der Waals surface area (Å²) < 4.78 is 5.39. The lowest BCUT2D eigenvalue weighted by molar-refractivity contribution is -0.171. The molecule has 10 heteroatoms. The number of rotatable bonds is 20. The molecule has 50 heavy (non-hydrogen) atoms. The first-order chi connectivity index (χ1) is 23.5. The molecule has 0 bridgehead atoms. The van der Waals surface area contributed by atoms with Gasteiger partial charge in [-0.25, -0.2) is 0 Å². The molecule has 0 aromatic rings. The van der Waals surface area contributed by atoms with E-state index in [0.29, 0.717) is 32.1 Å². The minimum absolute atomic E-state index is 0.0272. The molecule has 0 radical (unpaired) electrons. The first kappa shape index (κ1) is 43.5. The lowest BCUT2D eigenvalue weighted by atomic mass is 9.72. The molecule has 10 nitrogen and oxygen atoms in total. The molecule has 284 valence electrons. The fourth-order valence-electron chi connectivity index (χ4n) is 6.96. The monoisotopic (exact) mass is 703 g/mol. The van der Waals surface area contributed by atoms with Gasteiger partial charge in [-0.3, -0.25) is 9.59 Å². The number of ether oxygens (including phenoxy) is 1. The highest BCUT2D eigenvalue weighted by atomic mass is 16.5. The number of aliphatic hydroxyl groups is 5. The minimum atomic E-state index is -1.46. The number of Topliss-reactive ketones (excluding diaryl/α,β-unsaturated/α-hetero) is 1. The van der Waals surface area contributed by atoms with E-state index in [9.17, 15) is 39.9 Å². The van der Waals surface area contributed by atoms with Gasteiger partial charge >= 0.3 is 5.97 Å². The number of allylic oxidation sites excluding steroid dienone is 5. The van der Waals surface area contributed by atoms with E-state index in [-0.39, 0.29) is 54.6 Å². The first-order valence-electron chi connectivity index (χ1n) is 18.6. The largest absolute Gasteiger partial charge is 0.458 e. The van der Waals surface area contributed by atoms with Crippen LogP contribution in [0.5, 0.6) is 0 Å². The molecule has 0 aromatic heterocycles. The summed E-state index contributed by atoms with van der Waals surface area (Å²) in [7, 11) is 0. The molecule has 2 fully saturated rings. The molecule has 2 heterocycles. The molecule has 2 aliphatic heterocycles. The number of aliphatic hydroxyl groups excluding tert-OH is 4. The predicted molar refractivity (Wildman–Crippen MR) is 194 cm³/mol. The molecule has 0 aromatic carbocycles. The summed E-state index contributed by atoms with van der Waals surface area (Å²) in [6.07, 6.45) is 14.6. The summed E-state index contributed by atoms with van der Waals surface area (Å²) in [6, 6.07) is 0. The van der Waals surface area contributed by atoms with Crippen molar-refractivity contribution in [3.8, 4) is 0 Å². The average molecular weight is 704 g/mol. The fourth-order valence-corrected chi connectivity index (χ4v) is 6.96. The van der Waals surface area contributed by atoms with Gasteiger partial charge in [0.2, 0.25) is 5.91 Å². The van der Waals surface area contributed by atoms with E-state index in [4.69, 9.17) is 4.74 Å². The van der Waals surface area contributed by atoms with E-state index in [1.54, 1.807) is 25.2 Å². The van der Waals surface area contributed by atoms with E-state index in [2.05, 4.69) is 5.32 Å². The zero-order valence-corrected chi connectivity index (χ0v) is 31.3. The number of hydrogen-bond donors (Lipinski definition) is 6. The van der Waals surface area contributed by atoms with E-state index in [1.165, 1.54) is 6.92 Å². The molecule has 2 aliphatic rings. The Bertz CT molecular complexity index is 1210. The maximum Gasteiger partial charge on any atom is 0.312 e. The average Bonchev–Trinajstić information content (AvgIpc) is 3.06. The van der Waals surface area contributed by atoms with Gasteiger partial charge < -0.3 is 40.4 Å². The molecule has 12 atom stereocenters. The predicted octanol–water partition coefficient (Wildman–Crippen LogP) is 5.08. The second kappa shape index (κ2) is 21.0. The van der Waals surface area contributed by atoms with Crippen LogP contribution in [0.1, 0.15) is 113 Å². The van der Waals surface area contributed by atoms with E-state index >= 15 is 0 Å². The highest BCUT2D eigenvalue weighted by molar-refractivity contribution is 5.80. The van der Waals surface area contributed by atoms with E-state index < -0.39 is 54.0 Å². The first-order valence-corrected chi connectivity index (χ1v) is 18.6. The van der Waals surface area contributed by atoms with Gasteiger partial charge in [-0.2, -0.15) is 0 Å². The molecular formula is C40H65NO9. The second-order valence-corrected chi connectivity index (χ2v) is 15.0. The summed E-state index contributed by atoms with van der Waals surface area (Å²) in [5, 5.41) is 56.8. The maximum atomic E-state index is 12.5. The number of amides is 1. The van der Waals surface area contributed by atoms with Crippen molar-refractivity contribution in [2.75, 3.05) is 0 Å². The van der Waals surface area contributed by atoms with Gasteiger partial charge in [-0.1, -0.05) is 71.1 Å². The van der Waals surface area contributed by atoms with Crippen LogP contribution in [-0.4, -0.2) is 79.4 Å². The van der Waals surface area contributed by atoms with Crippen molar-refractivity contribution in [2.45, 2.75) is 149 Å². The van der Waals surface area contributed by atoms with Crippen LogP contribution in [0.4, 0.5) is 0 Å². The lowest BCUT2D eigenvalue weighted by Gasteiger charge is -2.47. The summed E-state index contributed by atoms with van der Waals surface area (Å²) in [4.78, 5) is 35.9. The second-order valence-electron chi connectivity index (χ2n) is 15.0. The lowest BCUT2D eigenvalue weighted by Crippen LogP contribution is -2.65. The van der Waals surface area contributed by atoms with Crippen molar-refractivity contribution in [1.29, 1.82) is 0 Å². The number of ketones is 1. The normalized spacial score (nSPS) is 30.2. The fraction of sp³-hybridized carbons (Fsp3) is 0.725. The van der Waals surface area contributed by atoms with Gasteiger partial charge in [0.05, 0.1) is 30.3 Å². The SMILES string of the molecule is CC[C@H]1C[C@H](C)[C@@](O)([C@@H](C)[C@@H](O)C(C)CC[C@@H](O)[C@H](C)CC/C=C/C=C(\C)C(O)C/C=C/C=C/[C@H]2CC(O)[C@@H](CCC(C)=O)C(=O)O2)NC1=O. The summed E-state index contributed by atoms with van der Waals surface area (Å²) in [6.45, 7) is 12.9. The van der Waals surface area contributed by atoms with Crippen molar-refractivity contribution in [3.05, 3.63) is 48.1 Å². The van der Waals surface area contributed by atoms with Crippen LogP contribution >= 0.6 is 0 Å². The van der Waals surface area contributed by atoms with Crippen LogP contribution in [0.2, 0.25) is 0 Å². The topological polar surface area (TPSA) is 174 Å². The van der Waals surface area contributed by atoms with E-state index in [1.807, 2.05) is 58.9 Å². The van der Waals surface area contributed by atoms with Crippen molar-refractivity contribution in [1.82, 2.24) is 5.32 Å². The quantitative estimate of drug-likeness (QED) is 0.0747. The number of carbonyl (C=O) groups is 3. The Morgan fingerprint density at radius 2 is 1.70 bits per heavy atom. The van der Waals surface area contributed by atoms with Crippen molar-refractivity contribution in [3.63, 3.8) is 0 Å². The molecule has 6 N–H and O–H groups in total. The van der Waals surface area contributed by atoms with Crippen LogP contribution in [0, 0.1) is 35.5 Å². The molecule has 2 rings (SSSR count). The van der Waals surface area contributed by atoms with Crippen LogP contribution in [0.3, 0.4) is 0 Å². The van der Waals surface area contributed by atoms with Gasteiger partial charge in [-0.05, 0) is 88.7 Å². The number of nitrogens with one attached hydrogen (secondary N) is 1. The van der Waals surface area contributed by atoms with Gasteiger partial charge in [0.25, 0.3) is 0 Å². The Kier molecular flexibility index (Phi) is 18.3. The number of esters is 1. The Labute approximate surface area is 299 Å². The highest BCUT2D eigenvalue weighted by Gasteiger charge is 2.49. The summed E-state index contributed by atoms with van der Waals surface area (Å²) in [5.41, 5.74) is -0.654. The number of piperidine rings is 1. The zero-order chi connectivity index (χ0) is 37.6. The molecule has 0 spiro atoms. The van der Waals surface area contributed by atoms with Crippen LogP contribution in [0.25, 0.3) is 0 Å². The third-order valence-corrected chi connectivity index (χ3v) is 11.0. The smallest absolute Gasteiger partial charge is 0.312 e. The molecular weight excluding hydrogens is 638 g/mol. The standard InChI is InChI=1S/C40H65NO9/c1-8-31-23-28(5)40(49,41-38(31)47)30(7)37(46)27(4)19-22-35(44)26(3)16-12-9-11-15-25(2)34(43)18-14-10-13-17-32-24-36(45)33(39(48)50-32)21-20-29(6)42/h9-11,13-15,17,26-28,30-37,43-46,49H,8,12,16,18-24H2,1-7H3,(H,41,47)/b11-9+,14-10+,17-13+,25-15+/t26-,27?,28+,30+,31+,32+,33-,34?,35-,36?,37+,40-/m1/s1. The van der Waals surface area contributed by atoms with Crippen LogP contribution < -0.4 is 5.32 Å². The van der Waals surface area contributed by atoms with E-state index in [0.717, 1.165) is 18.4 Å². The third kappa shape index (κ3) is 13.2. The molecule has 0 saturated carbocycles. The Hall–Kier alpha value is -2.63. The van der Waals surface area contributed by atoms with Crippen molar-refractivity contribution < 1.29 is 44.7 Å². The van der Waals surface area contributed by atoms with Gasteiger partial charge in [0, 0.05) is 30.6 Å². The van der Waals surface area contributed by atoms with Gasteiger partial charge in [0.15, 0.2) is 0 Å². The highest BCUT2D eigenvalue weighted by Crippen LogP contribution is 2.38. The Morgan fingerprint density at radius 3 is 2.34 bits per heavy atom. The van der Waals surface area contributed by atoms with Crippen LogP contribution in [0.15, 0.2) is 48.1 Å².